The molecule has 0 rings (SSSR count). The maximum absolute atomic E-state index is 11.0. The number of carbonyl (C=O) groups excluding carboxylic acids is 2. The Morgan fingerprint density at radius 3 is 2.29 bits per heavy atom. The lowest BCUT2D eigenvalue weighted by molar-refractivity contribution is -0.139. The lowest BCUT2D eigenvalue weighted by atomic mass is 10.5. The number of rotatable bonds is 6. The van der Waals surface area contributed by atoms with Crippen LogP contribution in [0.4, 0.5) is 0 Å². The van der Waals surface area contributed by atoms with Crippen molar-refractivity contribution in [2.75, 3.05) is 32.8 Å². The van der Waals surface area contributed by atoms with Crippen LogP contribution < -0.4 is 16.4 Å². The summed E-state index contributed by atoms with van der Waals surface area (Å²) in [5.41, 5.74) is 5.15. The van der Waals surface area contributed by atoms with Gasteiger partial charge in [0.2, 0.25) is 0 Å². The fraction of sp³-hybridized carbons (Fsp3) is 0.750. The van der Waals surface area contributed by atoms with Crippen molar-refractivity contribution in [2.24, 2.45) is 5.73 Å². The van der Waals surface area contributed by atoms with Gasteiger partial charge >= 0.3 is 11.8 Å². The molecule has 0 heterocycles. The van der Waals surface area contributed by atoms with Crippen molar-refractivity contribution < 1.29 is 14.3 Å². The molecule has 0 bridgehead atoms. The number of hydrogen-bond donors (Lipinski definition) is 3. The molecule has 0 aliphatic heterocycles. The predicted molar refractivity (Wildman–Crippen MR) is 51.6 cm³/mol. The predicted octanol–water partition coefficient (Wildman–Crippen LogP) is -1.79. The van der Waals surface area contributed by atoms with Crippen molar-refractivity contribution in [3.05, 3.63) is 0 Å². The molecule has 0 radical (unpaired) electrons. The summed E-state index contributed by atoms with van der Waals surface area (Å²) < 4.78 is 4.98. The monoisotopic (exact) mass is 203 g/mol. The molecule has 2 amide bonds. The minimum atomic E-state index is -0.660. The third kappa shape index (κ3) is 6.38. The Morgan fingerprint density at radius 1 is 1.21 bits per heavy atom. The van der Waals surface area contributed by atoms with Gasteiger partial charge in [0.25, 0.3) is 0 Å². The minimum Gasteiger partial charge on any atom is -0.380 e. The Labute approximate surface area is 83.2 Å². The zero-order chi connectivity index (χ0) is 10.8. The van der Waals surface area contributed by atoms with Crippen molar-refractivity contribution >= 4 is 11.8 Å². The third-order valence-electron chi connectivity index (χ3n) is 1.37. The van der Waals surface area contributed by atoms with Crippen LogP contribution in [-0.4, -0.2) is 44.7 Å². The van der Waals surface area contributed by atoms with Gasteiger partial charge in [-0.05, 0) is 6.92 Å². The largest absolute Gasteiger partial charge is 0.380 e. The number of nitrogens with two attached hydrogens (primary N) is 1. The lowest BCUT2D eigenvalue weighted by Gasteiger charge is -2.05. The SMILES string of the molecule is CCOCCNC(=O)C(=O)NCCN. The molecule has 0 saturated carbocycles. The van der Waals surface area contributed by atoms with Gasteiger partial charge in [-0.2, -0.15) is 0 Å². The average Bonchev–Trinajstić information content (AvgIpc) is 2.20. The summed E-state index contributed by atoms with van der Waals surface area (Å²) in [7, 11) is 0. The van der Waals surface area contributed by atoms with E-state index in [1.165, 1.54) is 0 Å². The van der Waals surface area contributed by atoms with Gasteiger partial charge in [0.05, 0.1) is 6.61 Å². The molecule has 0 aromatic heterocycles. The molecule has 0 fully saturated rings. The number of hydrogen-bond acceptors (Lipinski definition) is 4. The second-order valence-corrected chi connectivity index (χ2v) is 2.50. The van der Waals surface area contributed by atoms with Crippen molar-refractivity contribution in [2.45, 2.75) is 6.92 Å². The van der Waals surface area contributed by atoms with E-state index in [0.29, 0.717) is 32.8 Å². The number of ether oxygens (including phenoxy) is 1. The van der Waals surface area contributed by atoms with Gasteiger partial charge in [0.1, 0.15) is 0 Å². The first kappa shape index (κ1) is 12.9. The van der Waals surface area contributed by atoms with Gasteiger partial charge in [-0.1, -0.05) is 0 Å². The Bertz CT molecular complexity index is 185. The number of amides is 2. The highest BCUT2D eigenvalue weighted by Crippen LogP contribution is 1.72. The fourth-order valence-corrected chi connectivity index (χ4v) is 0.727. The second kappa shape index (κ2) is 8.46. The Hall–Kier alpha value is -1.14. The second-order valence-electron chi connectivity index (χ2n) is 2.50. The van der Waals surface area contributed by atoms with Crippen LogP contribution in [-0.2, 0) is 14.3 Å². The molecule has 0 aromatic carbocycles. The number of nitrogens with one attached hydrogen (secondary N) is 2. The molecular weight excluding hydrogens is 186 g/mol. The van der Waals surface area contributed by atoms with E-state index in [-0.39, 0.29) is 0 Å². The molecular formula is C8H17N3O3. The first-order chi connectivity index (χ1) is 6.72. The average molecular weight is 203 g/mol. The first-order valence-corrected chi connectivity index (χ1v) is 4.56. The van der Waals surface area contributed by atoms with E-state index in [1.54, 1.807) is 0 Å². The van der Waals surface area contributed by atoms with Crippen LogP contribution in [0.1, 0.15) is 6.92 Å². The third-order valence-corrected chi connectivity index (χ3v) is 1.37. The summed E-state index contributed by atoms with van der Waals surface area (Å²) in [6, 6.07) is 0. The van der Waals surface area contributed by atoms with Crippen LogP contribution >= 0.6 is 0 Å². The van der Waals surface area contributed by atoms with Crippen molar-refractivity contribution in [3.63, 3.8) is 0 Å². The highest BCUT2D eigenvalue weighted by atomic mass is 16.5. The van der Waals surface area contributed by atoms with Crippen molar-refractivity contribution in [1.29, 1.82) is 0 Å². The van der Waals surface area contributed by atoms with E-state index in [4.69, 9.17) is 10.5 Å². The quantitative estimate of drug-likeness (QED) is 0.351. The van der Waals surface area contributed by atoms with Crippen LogP contribution in [0.5, 0.6) is 0 Å². The molecule has 4 N–H and O–H groups in total. The smallest absolute Gasteiger partial charge is 0.309 e. The first-order valence-electron chi connectivity index (χ1n) is 4.56. The van der Waals surface area contributed by atoms with Gasteiger partial charge < -0.3 is 21.1 Å². The Balaban J connectivity index is 3.47. The normalized spacial score (nSPS) is 9.57. The van der Waals surface area contributed by atoms with Gasteiger partial charge in [-0.3, -0.25) is 9.59 Å². The molecule has 82 valence electrons. The highest BCUT2D eigenvalue weighted by molar-refractivity contribution is 6.35. The zero-order valence-corrected chi connectivity index (χ0v) is 8.34. The van der Waals surface area contributed by atoms with Crippen molar-refractivity contribution in [3.8, 4) is 0 Å². The summed E-state index contributed by atoms with van der Waals surface area (Å²) in [5.74, 6) is -1.31. The lowest BCUT2D eigenvalue weighted by Crippen LogP contribution is -2.42. The van der Waals surface area contributed by atoms with E-state index in [2.05, 4.69) is 10.6 Å². The minimum absolute atomic E-state index is 0.303. The topological polar surface area (TPSA) is 93.4 Å². The Kier molecular flexibility index (Phi) is 7.77. The molecule has 6 heteroatoms. The van der Waals surface area contributed by atoms with Crippen molar-refractivity contribution in [1.82, 2.24) is 10.6 Å². The molecule has 14 heavy (non-hydrogen) atoms. The van der Waals surface area contributed by atoms with Crippen LogP contribution in [0.2, 0.25) is 0 Å². The van der Waals surface area contributed by atoms with Crippen LogP contribution in [0.3, 0.4) is 0 Å². The maximum Gasteiger partial charge on any atom is 0.309 e. The summed E-state index contributed by atoms with van der Waals surface area (Å²) >= 11 is 0. The van der Waals surface area contributed by atoms with E-state index < -0.39 is 11.8 Å². The molecule has 0 aliphatic carbocycles. The summed E-state index contributed by atoms with van der Waals surface area (Å²) in [4.78, 5) is 21.9. The van der Waals surface area contributed by atoms with Gasteiger partial charge in [0.15, 0.2) is 0 Å². The molecule has 0 aliphatic rings. The molecule has 6 nitrogen and oxygen atoms in total. The van der Waals surface area contributed by atoms with E-state index in [0.717, 1.165) is 0 Å². The summed E-state index contributed by atoms with van der Waals surface area (Å²) in [5, 5.41) is 4.77. The standard InChI is InChI=1S/C8H17N3O3/c1-2-14-6-5-11-8(13)7(12)10-4-3-9/h2-6,9H2,1H3,(H,10,12)(H,11,13). The molecule has 0 atom stereocenters. The van der Waals surface area contributed by atoms with E-state index in [1.807, 2.05) is 6.92 Å². The molecule has 0 spiro atoms. The van der Waals surface area contributed by atoms with Gasteiger partial charge in [-0.25, -0.2) is 0 Å². The van der Waals surface area contributed by atoms with E-state index >= 15 is 0 Å². The summed E-state index contributed by atoms with van der Waals surface area (Å²) in [6.45, 7) is 3.82. The fourth-order valence-electron chi connectivity index (χ4n) is 0.727. The molecule has 0 aromatic rings. The van der Waals surface area contributed by atoms with Gasteiger partial charge in [-0.15, -0.1) is 0 Å². The number of carbonyl (C=O) groups is 2. The van der Waals surface area contributed by atoms with E-state index in [9.17, 15) is 9.59 Å². The zero-order valence-electron chi connectivity index (χ0n) is 8.34. The maximum atomic E-state index is 11.0. The molecule has 0 unspecified atom stereocenters. The summed E-state index contributed by atoms with van der Waals surface area (Å²) in [6.07, 6.45) is 0. The van der Waals surface area contributed by atoms with Gasteiger partial charge in [0, 0.05) is 26.2 Å². The molecule has 0 saturated heterocycles. The van der Waals surface area contributed by atoms with Crippen LogP contribution in [0.15, 0.2) is 0 Å². The van der Waals surface area contributed by atoms with Crippen LogP contribution in [0.25, 0.3) is 0 Å². The Morgan fingerprint density at radius 2 is 1.79 bits per heavy atom. The highest BCUT2D eigenvalue weighted by Gasteiger charge is 2.10. The van der Waals surface area contributed by atoms with Crippen LogP contribution in [0, 0.1) is 0 Å².